The van der Waals surface area contributed by atoms with E-state index in [9.17, 15) is 9.59 Å². The fraction of sp³-hybridized carbons (Fsp3) is 0.296. The van der Waals surface area contributed by atoms with Gasteiger partial charge in [-0.2, -0.15) is 0 Å². The Kier molecular flexibility index (Phi) is 7.28. The minimum atomic E-state index is -0.746. The van der Waals surface area contributed by atoms with Gasteiger partial charge in [0.05, 0.1) is 52.6 Å². The number of rotatable bonds is 8. The van der Waals surface area contributed by atoms with E-state index < -0.39 is 12.0 Å². The van der Waals surface area contributed by atoms with Crippen molar-refractivity contribution >= 4 is 11.8 Å². The second kappa shape index (κ2) is 10.6. The van der Waals surface area contributed by atoms with E-state index in [4.69, 9.17) is 18.9 Å². The molecule has 9 heteroatoms. The molecule has 3 aromatic rings. The van der Waals surface area contributed by atoms with E-state index in [1.54, 1.807) is 56.6 Å². The van der Waals surface area contributed by atoms with Crippen molar-refractivity contribution in [3.63, 3.8) is 0 Å². The van der Waals surface area contributed by atoms with Crippen molar-refractivity contribution in [3.8, 4) is 23.0 Å². The van der Waals surface area contributed by atoms with Crippen LogP contribution in [0.1, 0.15) is 39.1 Å². The van der Waals surface area contributed by atoms with Crippen molar-refractivity contribution < 1.29 is 28.5 Å². The molecule has 4 rings (SSSR count). The summed E-state index contributed by atoms with van der Waals surface area (Å²) in [6.45, 7) is 0.245. The summed E-state index contributed by atoms with van der Waals surface area (Å²) in [6, 6.07) is 13.6. The van der Waals surface area contributed by atoms with Crippen LogP contribution in [0, 0.1) is 0 Å². The highest BCUT2D eigenvalue weighted by atomic mass is 16.5. The standard InChI is InChI=1S/C27H29N3O6/c1-30-25(16-9-10-20(33-2)21(12-16)34-3)24(26(31)29-15-17-8-6-7-11-28-17)18-13-22(35-4)23(36-5)14-19(18)27(30)32/h6-14,24-25H,15H2,1-5H3,(H,29,31)/t24-,25+/m0/s1. The highest BCUT2D eigenvalue weighted by molar-refractivity contribution is 6.02. The first-order chi connectivity index (χ1) is 17.4. The van der Waals surface area contributed by atoms with Gasteiger partial charge < -0.3 is 29.2 Å². The Bertz CT molecular complexity index is 1260. The Hall–Kier alpha value is -4.27. The molecule has 1 aliphatic rings. The smallest absolute Gasteiger partial charge is 0.254 e. The third kappa shape index (κ3) is 4.51. The monoisotopic (exact) mass is 491 g/mol. The van der Waals surface area contributed by atoms with Crippen LogP contribution in [0.5, 0.6) is 23.0 Å². The first kappa shape index (κ1) is 24.8. The highest BCUT2D eigenvalue weighted by Crippen LogP contribution is 2.46. The van der Waals surface area contributed by atoms with E-state index in [0.717, 1.165) is 11.3 Å². The molecule has 188 valence electrons. The minimum Gasteiger partial charge on any atom is -0.493 e. The molecule has 2 aromatic carbocycles. The first-order valence-corrected chi connectivity index (χ1v) is 11.4. The number of aromatic nitrogens is 1. The van der Waals surface area contributed by atoms with Crippen molar-refractivity contribution in [2.24, 2.45) is 0 Å². The molecule has 1 aromatic heterocycles. The van der Waals surface area contributed by atoms with Crippen LogP contribution in [0.3, 0.4) is 0 Å². The molecule has 0 radical (unpaired) electrons. The van der Waals surface area contributed by atoms with E-state index in [2.05, 4.69) is 10.3 Å². The van der Waals surface area contributed by atoms with Gasteiger partial charge in [-0.25, -0.2) is 0 Å². The van der Waals surface area contributed by atoms with Crippen LogP contribution in [-0.4, -0.2) is 57.2 Å². The molecule has 0 aliphatic carbocycles. The summed E-state index contributed by atoms with van der Waals surface area (Å²) in [5.41, 5.74) is 2.38. The van der Waals surface area contributed by atoms with Crippen LogP contribution in [0.25, 0.3) is 0 Å². The molecular weight excluding hydrogens is 462 g/mol. The molecule has 0 spiro atoms. The van der Waals surface area contributed by atoms with E-state index in [1.165, 1.54) is 14.2 Å². The zero-order chi connectivity index (χ0) is 25.8. The quantitative estimate of drug-likeness (QED) is 0.516. The Labute approximate surface area is 209 Å². The number of likely N-dealkylation sites (N-methyl/N-ethyl adjacent to an activating group) is 1. The van der Waals surface area contributed by atoms with Crippen molar-refractivity contribution in [1.29, 1.82) is 0 Å². The van der Waals surface area contributed by atoms with Gasteiger partial charge in [-0.05, 0) is 47.5 Å². The number of amides is 2. The van der Waals surface area contributed by atoms with Crippen molar-refractivity contribution in [2.45, 2.75) is 18.5 Å². The number of ether oxygens (including phenoxy) is 4. The lowest BCUT2D eigenvalue weighted by Crippen LogP contribution is -2.45. The number of carbonyl (C=O) groups is 2. The molecule has 2 atom stereocenters. The number of carbonyl (C=O) groups excluding carboxylic acids is 2. The molecule has 0 saturated carbocycles. The summed E-state index contributed by atoms with van der Waals surface area (Å²) in [5, 5.41) is 2.99. The van der Waals surface area contributed by atoms with E-state index >= 15 is 0 Å². The Morgan fingerprint density at radius 3 is 2.22 bits per heavy atom. The van der Waals surface area contributed by atoms with Crippen LogP contribution in [0.15, 0.2) is 54.7 Å². The van der Waals surface area contributed by atoms with Gasteiger partial charge >= 0.3 is 0 Å². The van der Waals surface area contributed by atoms with Gasteiger partial charge in [0.25, 0.3) is 5.91 Å². The number of pyridine rings is 1. The fourth-order valence-electron chi connectivity index (χ4n) is 4.58. The molecule has 36 heavy (non-hydrogen) atoms. The molecule has 0 saturated heterocycles. The van der Waals surface area contributed by atoms with Crippen molar-refractivity contribution in [1.82, 2.24) is 15.2 Å². The largest absolute Gasteiger partial charge is 0.493 e. The molecule has 1 aliphatic heterocycles. The molecule has 2 heterocycles. The summed E-state index contributed by atoms with van der Waals surface area (Å²) >= 11 is 0. The van der Waals surface area contributed by atoms with Gasteiger partial charge in [0, 0.05) is 18.8 Å². The number of hydrogen-bond acceptors (Lipinski definition) is 7. The van der Waals surface area contributed by atoms with Gasteiger partial charge in [0.15, 0.2) is 23.0 Å². The summed E-state index contributed by atoms with van der Waals surface area (Å²) in [7, 11) is 7.80. The maximum Gasteiger partial charge on any atom is 0.254 e. The van der Waals surface area contributed by atoms with Gasteiger partial charge in [-0.3, -0.25) is 14.6 Å². The second-order valence-corrected chi connectivity index (χ2v) is 8.29. The Balaban J connectivity index is 1.84. The number of nitrogens with zero attached hydrogens (tertiary/aromatic N) is 2. The van der Waals surface area contributed by atoms with Crippen LogP contribution in [0.4, 0.5) is 0 Å². The molecule has 9 nitrogen and oxygen atoms in total. The number of fused-ring (bicyclic) bond motifs is 1. The van der Waals surface area contributed by atoms with Gasteiger partial charge in [0.2, 0.25) is 5.91 Å². The van der Waals surface area contributed by atoms with Crippen LogP contribution in [-0.2, 0) is 11.3 Å². The average molecular weight is 492 g/mol. The minimum absolute atomic E-state index is 0.237. The lowest BCUT2D eigenvalue weighted by atomic mass is 9.79. The van der Waals surface area contributed by atoms with Crippen molar-refractivity contribution in [3.05, 3.63) is 77.1 Å². The fourth-order valence-corrected chi connectivity index (χ4v) is 4.58. The van der Waals surface area contributed by atoms with Gasteiger partial charge in [-0.1, -0.05) is 12.1 Å². The predicted octanol–water partition coefficient (Wildman–Crippen LogP) is 3.34. The molecule has 0 fully saturated rings. The predicted molar refractivity (Wildman–Crippen MR) is 133 cm³/mol. The highest BCUT2D eigenvalue weighted by Gasteiger charge is 2.43. The topological polar surface area (TPSA) is 99.2 Å². The molecule has 0 bridgehead atoms. The number of benzene rings is 2. The SMILES string of the molecule is COc1ccc([C@@H]2[C@@H](C(=O)NCc3ccccn3)c3cc(OC)c(OC)cc3C(=O)N2C)cc1OC. The maximum absolute atomic E-state index is 13.8. The van der Waals surface area contributed by atoms with E-state index in [-0.39, 0.29) is 18.4 Å². The molecule has 1 N–H and O–H groups in total. The Morgan fingerprint density at radius 1 is 0.917 bits per heavy atom. The summed E-state index contributed by atoms with van der Waals surface area (Å²) in [5.74, 6) is 0.657. The lowest BCUT2D eigenvalue weighted by Gasteiger charge is -2.40. The van der Waals surface area contributed by atoms with Gasteiger partial charge in [0.1, 0.15) is 0 Å². The summed E-state index contributed by atoms with van der Waals surface area (Å²) in [4.78, 5) is 33.2. The summed E-state index contributed by atoms with van der Waals surface area (Å²) in [6.07, 6.45) is 1.67. The van der Waals surface area contributed by atoms with Gasteiger partial charge in [-0.15, -0.1) is 0 Å². The Morgan fingerprint density at radius 2 is 1.58 bits per heavy atom. The van der Waals surface area contributed by atoms with E-state index in [0.29, 0.717) is 34.1 Å². The number of methoxy groups -OCH3 is 4. The van der Waals surface area contributed by atoms with Crippen LogP contribution < -0.4 is 24.3 Å². The van der Waals surface area contributed by atoms with Crippen molar-refractivity contribution in [2.75, 3.05) is 35.5 Å². The first-order valence-electron chi connectivity index (χ1n) is 11.4. The average Bonchev–Trinajstić information content (AvgIpc) is 2.92. The van der Waals surface area contributed by atoms with E-state index in [1.807, 2.05) is 24.3 Å². The number of nitrogens with one attached hydrogen (secondary N) is 1. The second-order valence-electron chi connectivity index (χ2n) is 8.29. The van der Waals surface area contributed by atoms with Crippen LogP contribution in [0.2, 0.25) is 0 Å². The zero-order valence-electron chi connectivity index (χ0n) is 20.9. The molecule has 0 unspecified atom stereocenters. The number of hydrogen-bond donors (Lipinski definition) is 1. The lowest BCUT2D eigenvalue weighted by molar-refractivity contribution is -0.124. The normalized spacial score (nSPS) is 16.7. The molecule has 2 amide bonds. The molecular formula is C27H29N3O6. The third-order valence-electron chi connectivity index (χ3n) is 6.38. The summed E-state index contributed by atoms with van der Waals surface area (Å²) < 4.78 is 21.8. The van der Waals surface area contributed by atoms with Crippen LogP contribution >= 0.6 is 0 Å². The maximum atomic E-state index is 13.8. The zero-order valence-corrected chi connectivity index (χ0v) is 20.9. The third-order valence-corrected chi connectivity index (χ3v) is 6.38.